The Labute approximate surface area is 160 Å². The summed E-state index contributed by atoms with van der Waals surface area (Å²) in [5.74, 6) is 0.807. The maximum atomic E-state index is 5.27. The summed E-state index contributed by atoms with van der Waals surface area (Å²) in [5.41, 5.74) is 7.55. The van der Waals surface area contributed by atoms with Crippen LogP contribution in [0.4, 0.5) is 11.4 Å². The quantitative estimate of drug-likeness (QED) is 0.478. The minimum atomic E-state index is 0.446. The van der Waals surface area contributed by atoms with Gasteiger partial charge in [-0.1, -0.05) is 6.07 Å². The Bertz CT molecular complexity index is 789. The van der Waals surface area contributed by atoms with Crippen LogP contribution in [0.25, 0.3) is 0 Å². The van der Waals surface area contributed by atoms with Crippen LogP contribution >= 0.6 is 12.2 Å². The molecule has 0 saturated heterocycles. The van der Waals surface area contributed by atoms with Gasteiger partial charge in [-0.05, 0) is 79.5 Å². The van der Waals surface area contributed by atoms with E-state index in [4.69, 9.17) is 17.0 Å². The molecule has 0 aliphatic carbocycles. The molecule has 3 rings (SSSR count). The Morgan fingerprint density at radius 1 is 1.27 bits per heavy atom. The topological polar surface area (TPSA) is 48.9 Å². The van der Waals surface area contributed by atoms with Crippen molar-refractivity contribution in [1.82, 2.24) is 5.43 Å². The van der Waals surface area contributed by atoms with Gasteiger partial charge in [0.2, 0.25) is 0 Å². The summed E-state index contributed by atoms with van der Waals surface area (Å²) >= 11 is 5.27. The summed E-state index contributed by atoms with van der Waals surface area (Å²) in [6.45, 7) is 4.39. The van der Waals surface area contributed by atoms with Gasteiger partial charge in [0, 0.05) is 24.5 Å². The normalized spacial score (nSPS) is 13.4. The maximum Gasteiger partial charge on any atom is 0.191 e. The van der Waals surface area contributed by atoms with Gasteiger partial charge in [-0.2, -0.15) is 5.10 Å². The summed E-state index contributed by atoms with van der Waals surface area (Å²) in [7, 11) is 1.64. The zero-order valence-electron chi connectivity index (χ0n) is 15.2. The van der Waals surface area contributed by atoms with Crippen molar-refractivity contribution in [2.75, 3.05) is 30.4 Å². The number of thiocarbonyl (C=S) groups is 1. The monoisotopic (exact) mass is 368 g/mol. The Morgan fingerprint density at radius 3 is 2.81 bits per heavy atom. The van der Waals surface area contributed by atoms with E-state index in [1.165, 1.54) is 17.7 Å². The molecule has 0 fully saturated rings. The molecule has 0 atom stereocenters. The summed E-state index contributed by atoms with van der Waals surface area (Å²) in [6, 6.07) is 14.0. The molecule has 0 aromatic heterocycles. The smallest absolute Gasteiger partial charge is 0.191 e. The van der Waals surface area contributed by atoms with Crippen LogP contribution in [0.15, 0.2) is 47.6 Å². The van der Waals surface area contributed by atoms with Gasteiger partial charge in [0.05, 0.1) is 13.3 Å². The predicted octanol–water partition coefficient (Wildman–Crippen LogP) is 3.79. The van der Waals surface area contributed by atoms with Gasteiger partial charge >= 0.3 is 0 Å². The van der Waals surface area contributed by atoms with E-state index in [9.17, 15) is 0 Å². The molecule has 5 nitrogen and oxygen atoms in total. The molecule has 2 N–H and O–H groups in total. The Morgan fingerprint density at radius 2 is 2.08 bits per heavy atom. The molecule has 0 radical (unpaired) electrons. The van der Waals surface area contributed by atoms with Crippen LogP contribution in [0.2, 0.25) is 0 Å². The fourth-order valence-corrected chi connectivity index (χ4v) is 3.27. The fraction of sp³-hybridized carbons (Fsp3) is 0.300. The number of fused-ring (bicyclic) bond motifs is 1. The van der Waals surface area contributed by atoms with Crippen molar-refractivity contribution in [3.05, 3.63) is 53.6 Å². The highest BCUT2D eigenvalue weighted by Crippen LogP contribution is 2.27. The number of hydrogen-bond acceptors (Lipinski definition) is 4. The Hall–Kier alpha value is -2.60. The van der Waals surface area contributed by atoms with E-state index in [-0.39, 0.29) is 0 Å². The zero-order chi connectivity index (χ0) is 18.4. The lowest BCUT2D eigenvalue weighted by molar-refractivity contribution is 0.415. The van der Waals surface area contributed by atoms with Gasteiger partial charge in [0.15, 0.2) is 5.11 Å². The molecule has 0 bridgehead atoms. The van der Waals surface area contributed by atoms with Gasteiger partial charge in [0.25, 0.3) is 0 Å². The van der Waals surface area contributed by atoms with Crippen LogP contribution in [0.3, 0.4) is 0 Å². The molecule has 0 saturated carbocycles. The molecule has 2 aromatic rings. The van der Waals surface area contributed by atoms with Crippen molar-refractivity contribution in [3.63, 3.8) is 0 Å². The third-order valence-corrected chi connectivity index (χ3v) is 4.62. The second-order valence-corrected chi connectivity index (χ2v) is 6.53. The lowest BCUT2D eigenvalue weighted by Gasteiger charge is -2.30. The van der Waals surface area contributed by atoms with E-state index in [1.54, 1.807) is 13.3 Å². The van der Waals surface area contributed by atoms with E-state index >= 15 is 0 Å². The highest BCUT2D eigenvalue weighted by Gasteiger charge is 2.15. The third kappa shape index (κ3) is 4.52. The second-order valence-electron chi connectivity index (χ2n) is 6.12. The van der Waals surface area contributed by atoms with Crippen molar-refractivity contribution in [2.45, 2.75) is 19.8 Å². The van der Waals surface area contributed by atoms with Crippen molar-refractivity contribution >= 4 is 34.9 Å². The molecule has 0 spiro atoms. The molecule has 0 amide bonds. The molecule has 1 aliphatic heterocycles. The number of benzene rings is 2. The van der Waals surface area contributed by atoms with Crippen LogP contribution in [-0.2, 0) is 6.42 Å². The minimum Gasteiger partial charge on any atom is -0.497 e. The first-order valence-electron chi connectivity index (χ1n) is 8.81. The average Bonchev–Trinajstić information content (AvgIpc) is 2.68. The molecule has 1 heterocycles. The van der Waals surface area contributed by atoms with E-state index in [1.807, 2.05) is 24.3 Å². The lowest BCUT2D eigenvalue weighted by Crippen LogP contribution is -2.28. The van der Waals surface area contributed by atoms with Crippen molar-refractivity contribution in [2.24, 2.45) is 5.10 Å². The van der Waals surface area contributed by atoms with Gasteiger partial charge in [0.1, 0.15) is 5.75 Å². The van der Waals surface area contributed by atoms with E-state index in [0.29, 0.717) is 5.11 Å². The number of ether oxygens (including phenoxy) is 1. The summed E-state index contributed by atoms with van der Waals surface area (Å²) in [4.78, 5) is 2.42. The largest absolute Gasteiger partial charge is 0.497 e. The molecule has 0 unspecified atom stereocenters. The first-order valence-corrected chi connectivity index (χ1v) is 9.22. The molecular weight excluding hydrogens is 344 g/mol. The maximum absolute atomic E-state index is 5.27. The number of hydrazone groups is 1. The predicted molar refractivity (Wildman–Crippen MR) is 113 cm³/mol. The Balaban J connectivity index is 1.57. The number of anilines is 2. The number of nitrogens with zero attached hydrogens (tertiary/aromatic N) is 2. The van der Waals surface area contributed by atoms with E-state index < -0.39 is 0 Å². The van der Waals surface area contributed by atoms with E-state index in [2.05, 4.69) is 45.9 Å². The number of methoxy groups -OCH3 is 1. The van der Waals surface area contributed by atoms with Crippen molar-refractivity contribution in [3.8, 4) is 5.75 Å². The third-order valence-electron chi connectivity index (χ3n) is 4.43. The number of aryl methyl sites for hydroxylation is 1. The SMILES string of the molecule is CCN1CCCc2cc(/C=N\NC(=S)Nc3ccc(OC)cc3)ccc21. The van der Waals surface area contributed by atoms with Gasteiger partial charge in [-0.15, -0.1) is 0 Å². The molecule has 136 valence electrons. The number of hydrogen-bond donors (Lipinski definition) is 2. The fourth-order valence-electron chi connectivity index (χ4n) is 3.10. The first-order chi connectivity index (χ1) is 12.7. The van der Waals surface area contributed by atoms with Crippen LogP contribution in [-0.4, -0.2) is 31.5 Å². The van der Waals surface area contributed by atoms with Gasteiger partial charge in [-0.3, -0.25) is 5.43 Å². The molecular formula is C20H24N4OS. The average molecular weight is 369 g/mol. The van der Waals surface area contributed by atoms with Gasteiger partial charge in [-0.25, -0.2) is 0 Å². The number of rotatable bonds is 5. The highest BCUT2D eigenvalue weighted by atomic mass is 32.1. The first kappa shape index (κ1) is 18.2. The zero-order valence-corrected chi connectivity index (χ0v) is 16.0. The lowest BCUT2D eigenvalue weighted by atomic mass is 9.99. The number of nitrogens with one attached hydrogen (secondary N) is 2. The van der Waals surface area contributed by atoms with Crippen LogP contribution in [0, 0.1) is 0 Å². The van der Waals surface area contributed by atoms with Gasteiger partial charge < -0.3 is 15.0 Å². The minimum absolute atomic E-state index is 0.446. The summed E-state index contributed by atoms with van der Waals surface area (Å²) in [6.07, 6.45) is 4.13. The summed E-state index contributed by atoms with van der Waals surface area (Å²) in [5, 5.41) is 7.78. The van der Waals surface area contributed by atoms with Crippen molar-refractivity contribution < 1.29 is 4.74 Å². The Kier molecular flexibility index (Phi) is 6.07. The standard InChI is InChI=1S/C20H24N4OS/c1-3-24-12-4-5-16-13-15(6-11-19(16)24)14-21-23-20(26)22-17-7-9-18(25-2)10-8-17/h6-11,13-14H,3-5,12H2,1-2H3,(H2,22,23,26)/b21-14-. The molecule has 6 heteroatoms. The molecule has 1 aliphatic rings. The highest BCUT2D eigenvalue weighted by molar-refractivity contribution is 7.80. The summed E-state index contributed by atoms with van der Waals surface area (Å²) < 4.78 is 5.14. The van der Waals surface area contributed by atoms with Crippen LogP contribution in [0.5, 0.6) is 5.75 Å². The van der Waals surface area contributed by atoms with Crippen LogP contribution in [0.1, 0.15) is 24.5 Å². The van der Waals surface area contributed by atoms with Crippen molar-refractivity contribution in [1.29, 1.82) is 0 Å². The van der Waals surface area contributed by atoms with E-state index in [0.717, 1.165) is 36.5 Å². The second kappa shape index (κ2) is 8.67. The molecule has 26 heavy (non-hydrogen) atoms. The van der Waals surface area contributed by atoms with Crippen LogP contribution < -0.4 is 20.4 Å². The molecule has 2 aromatic carbocycles.